The normalized spacial score (nSPS) is 19.3. The van der Waals surface area contributed by atoms with Crippen LogP contribution in [0.4, 0.5) is 4.39 Å². The van der Waals surface area contributed by atoms with Gasteiger partial charge in [-0.1, -0.05) is 6.42 Å². The number of nitrogens with zero attached hydrogens (tertiary/aromatic N) is 1. The summed E-state index contributed by atoms with van der Waals surface area (Å²) in [7, 11) is -3.39. The third-order valence-corrected chi connectivity index (χ3v) is 4.96. The molecule has 2 rings (SSSR count). The van der Waals surface area contributed by atoms with Gasteiger partial charge in [0.2, 0.25) is 15.9 Å². The summed E-state index contributed by atoms with van der Waals surface area (Å²) in [6.07, 6.45) is 3.24. The SMILES string of the molecule is CS(=O)(=O)N1CCCC[C@H]1C(=O)NCCOc1ccc(F)cc1. The standard InChI is InChI=1S/C15H21FN2O4S/c1-23(20,21)18-10-3-2-4-14(18)15(19)17-9-11-22-13-7-5-12(16)6-8-13/h5-8,14H,2-4,9-11H2,1H3,(H,17,19)/t14-/m0/s1. The molecule has 0 unspecified atom stereocenters. The van der Waals surface area contributed by atoms with Gasteiger partial charge in [-0.25, -0.2) is 12.8 Å². The topological polar surface area (TPSA) is 75.7 Å². The van der Waals surface area contributed by atoms with Crippen molar-refractivity contribution in [1.29, 1.82) is 0 Å². The summed E-state index contributed by atoms with van der Waals surface area (Å²) in [5, 5.41) is 2.69. The second kappa shape index (κ2) is 7.74. The summed E-state index contributed by atoms with van der Waals surface area (Å²) < 4.78 is 42.9. The first-order chi connectivity index (χ1) is 10.9. The first kappa shape index (κ1) is 17.7. The van der Waals surface area contributed by atoms with Gasteiger partial charge in [-0.2, -0.15) is 4.31 Å². The lowest BCUT2D eigenvalue weighted by atomic mass is 10.0. The maximum atomic E-state index is 12.8. The van der Waals surface area contributed by atoms with Crippen LogP contribution in [0.1, 0.15) is 19.3 Å². The van der Waals surface area contributed by atoms with E-state index in [0.717, 1.165) is 19.1 Å². The van der Waals surface area contributed by atoms with Gasteiger partial charge in [-0.05, 0) is 37.1 Å². The second-order valence-electron chi connectivity index (χ2n) is 5.48. The molecule has 8 heteroatoms. The third kappa shape index (κ3) is 5.18. The molecule has 1 amide bonds. The third-order valence-electron chi connectivity index (χ3n) is 3.67. The van der Waals surface area contributed by atoms with Crippen LogP contribution in [0.15, 0.2) is 24.3 Å². The van der Waals surface area contributed by atoms with Crippen LogP contribution in [-0.4, -0.2) is 50.6 Å². The summed E-state index contributed by atoms with van der Waals surface area (Å²) >= 11 is 0. The maximum Gasteiger partial charge on any atom is 0.238 e. The van der Waals surface area contributed by atoms with E-state index < -0.39 is 16.1 Å². The Balaban J connectivity index is 1.80. The summed E-state index contributed by atoms with van der Waals surface area (Å²) in [6, 6.07) is 4.94. The van der Waals surface area contributed by atoms with Gasteiger partial charge in [0.25, 0.3) is 0 Å². The highest BCUT2D eigenvalue weighted by molar-refractivity contribution is 7.88. The van der Waals surface area contributed by atoms with E-state index in [4.69, 9.17) is 4.74 Å². The van der Waals surface area contributed by atoms with E-state index in [-0.39, 0.29) is 24.9 Å². The van der Waals surface area contributed by atoms with Crippen molar-refractivity contribution in [3.63, 3.8) is 0 Å². The van der Waals surface area contributed by atoms with Gasteiger partial charge in [-0.15, -0.1) is 0 Å². The molecule has 0 radical (unpaired) electrons. The van der Waals surface area contributed by atoms with Gasteiger partial charge in [0.1, 0.15) is 24.2 Å². The van der Waals surface area contributed by atoms with E-state index in [2.05, 4.69) is 5.32 Å². The Morgan fingerprint density at radius 3 is 2.70 bits per heavy atom. The predicted octanol–water partition coefficient (Wildman–Crippen LogP) is 1.13. The van der Waals surface area contributed by atoms with Crippen LogP contribution in [0, 0.1) is 5.82 Å². The van der Waals surface area contributed by atoms with Gasteiger partial charge in [0, 0.05) is 6.54 Å². The molecule has 0 spiro atoms. The van der Waals surface area contributed by atoms with Crippen molar-refractivity contribution < 1.29 is 22.3 Å². The fraction of sp³-hybridized carbons (Fsp3) is 0.533. The van der Waals surface area contributed by atoms with Crippen LogP contribution in [-0.2, 0) is 14.8 Å². The van der Waals surface area contributed by atoms with Crippen LogP contribution >= 0.6 is 0 Å². The lowest BCUT2D eigenvalue weighted by Crippen LogP contribution is -2.52. The Morgan fingerprint density at radius 1 is 1.35 bits per heavy atom. The molecule has 128 valence electrons. The Morgan fingerprint density at radius 2 is 2.04 bits per heavy atom. The minimum atomic E-state index is -3.39. The van der Waals surface area contributed by atoms with Crippen molar-refractivity contribution in [2.24, 2.45) is 0 Å². The van der Waals surface area contributed by atoms with Gasteiger partial charge in [-0.3, -0.25) is 4.79 Å². The van der Waals surface area contributed by atoms with E-state index in [1.165, 1.54) is 28.6 Å². The summed E-state index contributed by atoms with van der Waals surface area (Å²) in [5.41, 5.74) is 0. The Kier molecular flexibility index (Phi) is 5.95. The largest absolute Gasteiger partial charge is 0.492 e. The summed E-state index contributed by atoms with van der Waals surface area (Å²) in [4.78, 5) is 12.2. The number of hydrogen-bond acceptors (Lipinski definition) is 4. The molecule has 1 heterocycles. The molecule has 0 aliphatic carbocycles. The van der Waals surface area contributed by atoms with E-state index in [1.54, 1.807) is 0 Å². The van der Waals surface area contributed by atoms with E-state index in [9.17, 15) is 17.6 Å². The lowest BCUT2D eigenvalue weighted by molar-refractivity contribution is -0.125. The number of nitrogens with one attached hydrogen (secondary N) is 1. The van der Waals surface area contributed by atoms with Crippen molar-refractivity contribution in [3.8, 4) is 5.75 Å². The van der Waals surface area contributed by atoms with Crippen molar-refractivity contribution >= 4 is 15.9 Å². The van der Waals surface area contributed by atoms with Crippen molar-refractivity contribution in [3.05, 3.63) is 30.1 Å². The second-order valence-corrected chi connectivity index (χ2v) is 7.41. The number of carbonyl (C=O) groups excluding carboxylic acids is 1. The zero-order valence-corrected chi connectivity index (χ0v) is 13.8. The molecule has 1 aromatic rings. The van der Waals surface area contributed by atoms with Crippen molar-refractivity contribution in [1.82, 2.24) is 9.62 Å². The molecule has 1 aliphatic heterocycles. The van der Waals surface area contributed by atoms with Crippen LogP contribution in [0.5, 0.6) is 5.75 Å². The number of amides is 1. The number of rotatable bonds is 6. The van der Waals surface area contributed by atoms with Gasteiger partial charge in [0.05, 0.1) is 12.8 Å². The first-order valence-corrected chi connectivity index (χ1v) is 9.35. The molecule has 1 N–H and O–H groups in total. The molecule has 1 fully saturated rings. The minimum Gasteiger partial charge on any atom is -0.492 e. The number of piperidine rings is 1. The van der Waals surface area contributed by atoms with Gasteiger partial charge < -0.3 is 10.1 Å². The fourth-order valence-corrected chi connectivity index (χ4v) is 3.68. The van der Waals surface area contributed by atoms with Crippen LogP contribution in [0.25, 0.3) is 0 Å². The van der Waals surface area contributed by atoms with Crippen molar-refractivity contribution in [2.75, 3.05) is 26.0 Å². The monoisotopic (exact) mass is 344 g/mol. The summed E-state index contributed by atoms with van der Waals surface area (Å²) in [5.74, 6) is -0.141. The quantitative estimate of drug-likeness (QED) is 0.785. The molecule has 1 atom stereocenters. The number of benzene rings is 1. The summed E-state index contributed by atoms with van der Waals surface area (Å²) in [6.45, 7) is 0.857. The Hall–Kier alpha value is -1.67. The predicted molar refractivity (Wildman–Crippen MR) is 84.1 cm³/mol. The number of ether oxygens (including phenoxy) is 1. The van der Waals surface area contributed by atoms with Crippen LogP contribution in [0.3, 0.4) is 0 Å². The molecule has 0 bridgehead atoms. The average Bonchev–Trinajstić information content (AvgIpc) is 2.52. The van der Waals surface area contributed by atoms with E-state index >= 15 is 0 Å². The fourth-order valence-electron chi connectivity index (χ4n) is 2.56. The van der Waals surface area contributed by atoms with Crippen LogP contribution in [0.2, 0.25) is 0 Å². The first-order valence-electron chi connectivity index (χ1n) is 7.51. The van der Waals surface area contributed by atoms with Crippen molar-refractivity contribution in [2.45, 2.75) is 25.3 Å². The van der Waals surface area contributed by atoms with Crippen LogP contribution < -0.4 is 10.1 Å². The molecule has 1 aliphatic rings. The number of carbonyl (C=O) groups is 1. The van der Waals surface area contributed by atoms with Gasteiger partial charge in [0.15, 0.2) is 0 Å². The molecule has 1 aromatic carbocycles. The Bertz CT molecular complexity index is 633. The highest BCUT2D eigenvalue weighted by Gasteiger charge is 2.34. The molecular formula is C15H21FN2O4S. The molecule has 0 aromatic heterocycles. The highest BCUT2D eigenvalue weighted by atomic mass is 32.2. The molecule has 23 heavy (non-hydrogen) atoms. The Labute approximate surface area is 135 Å². The molecule has 6 nitrogen and oxygen atoms in total. The molecule has 0 saturated carbocycles. The number of halogens is 1. The average molecular weight is 344 g/mol. The molecule has 1 saturated heterocycles. The number of hydrogen-bond donors (Lipinski definition) is 1. The minimum absolute atomic E-state index is 0.225. The highest BCUT2D eigenvalue weighted by Crippen LogP contribution is 2.19. The van der Waals surface area contributed by atoms with Gasteiger partial charge >= 0.3 is 0 Å². The number of sulfonamides is 1. The van der Waals surface area contributed by atoms with E-state index in [0.29, 0.717) is 18.7 Å². The van der Waals surface area contributed by atoms with E-state index in [1.807, 2.05) is 0 Å². The smallest absolute Gasteiger partial charge is 0.238 e. The lowest BCUT2D eigenvalue weighted by Gasteiger charge is -2.32. The zero-order chi connectivity index (χ0) is 16.9. The molecular weight excluding hydrogens is 323 g/mol. The zero-order valence-electron chi connectivity index (χ0n) is 13.0. The maximum absolute atomic E-state index is 12.8.